The van der Waals surface area contributed by atoms with Crippen molar-refractivity contribution in [3.8, 4) is 0 Å². The summed E-state index contributed by atoms with van der Waals surface area (Å²) in [6.45, 7) is 2.09. The number of halogens is 1. The Morgan fingerprint density at radius 1 is 1.14 bits per heavy atom. The molecule has 3 heterocycles. The highest BCUT2D eigenvalue weighted by Gasteiger charge is 2.29. The summed E-state index contributed by atoms with van der Waals surface area (Å²) in [5.41, 5.74) is 0. The lowest BCUT2D eigenvalue weighted by Gasteiger charge is -2.34. The molecule has 0 aromatic carbocycles. The second kappa shape index (κ2) is 5.74. The van der Waals surface area contributed by atoms with Crippen LogP contribution in [0.3, 0.4) is 0 Å². The van der Waals surface area contributed by atoms with Crippen molar-refractivity contribution in [2.45, 2.75) is 5.03 Å². The van der Waals surface area contributed by atoms with Crippen LogP contribution in [0.25, 0.3) is 0 Å². The Balaban J connectivity index is 1.69. The molecule has 112 valence electrons. The van der Waals surface area contributed by atoms with Crippen LogP contribution in [-0.2, 0) is 10.0 Å². The molecule has 0 amide bonds. The van der Waals surface area contributed by atoms with Crippen molar-refractivity contribution in [2.24, 2.45) is 0 Å². The minimum absolute atomic E-state index is 0.137. The largest absolute Gasteiger partial charge is 0.354 e. The van der Waals surface area contributed by atoms with Gasteiger partial charge in [0.2, 0.25) is 0 Å². The summed E-state index contributed by atoms with van der Waals surface area (Å²) in [6, 6.07) is 5.32. The lowest BCUT2D eigenvalue weighted by Crippen LogP contribution is -2.49. The lowest BCUT2D eigenvalue weighted by molar-refractivity contribution is 0.382. The first kappa shape index (κ1) is 14.5. The average molecular weight is 372 g/mol. The van der Waals surface area contributed by atoms with Gasteiger partial charge in [-0.1, -0.05) is 0 Å². The fourth-order valence-electron chi connectivity index (χ4n) is 2.24. The van der Waals surface area contributed by atoms with E-state index in [9.17, 15) is 8.42 Å². The molecular weight excluding hydrogens is 358 g/mol. The molecule has 0 aliphatic carbocycles. The Hall–Kier alpha value is -1.45. The van der Waals surface area contributed by atoms with Gasteiger partial charge in [-0.2, -0.15) is 9.40 Å². The van der Waals surface area contributed by atoms with E-state index in [2.05, 4.69) is 36.0 Å². The zero-order chi connectivity index (χ0) is 14.9. The van der Waals surface area contributed by atoms with Crippen molar-refractivity contribution < 1.29 is 8.42 Å². The van der Waals surface area contributed by atoms with Gasteiger partial charge in [0.25, 0.3) is 10.0 Å². The minimum atomic E-state index is -3.47. The summed E-state index contributed by atoms with van der Waals surface area (Å²) < 4.78 is 27.1. The molecule has 21 heavy (non-hydrogen) atoms. The summed E-state index contributed by atoms with van der Waals surface area (Å²) in [5, 5.41) is 6.35. The molecule has 0 radical (unpaired) electrons. The smallest absolute Gasteiger partial charge is 0.260 e. The van der Waals surface area contributed by atoms with E-state index in [1.54, 1.807) is 6.20 Å². The number of hydrogen-bond acceptors (Lipinski definition) is 5. The maximum absolute atomic E-state index is 12.4. The van der Waals surface area contributed by atoms with E-state index in [1.807, 2.05) is 12.1 Å². The number of anilines is 1. The molecular formula is C12H14BrN5O2S. The molecule has 1 aliphatic rings. The Bertz CT molecular complexity index is 694. The van der Waals surface area contributed by atoms with Gasteiger partial charge in [0, 0.05) is 36.8 Å². The van der Waals surface area contributed by atoms with E-state index in [0.717, 1.165) is 10.3 Å². The van der Waals surface area contributed by atoms with E-state index < -0.39 is 10.0 Å². The van der Waals surface area contributed by atoms with Gasteiger partial charge < -0.3 is 4.90 Å². The molecule has 3 rings (SSSR count). The van der Waals surface area contributed by atoms with Crippen molar-refractivity contribution in [3.63, 3.8) is 0 Å². The minimum Gasteiger partial charge on any atom is -0.354 e. The predicted molar refractivity (Wildman–Crippen MR) is 81.5 cm³/mol. The highest BCUT2D eigenvalue weighted by atomic mass is 79.9. The van der Waals surface area contributed by atoms with Crippen LogP contribution in [0, 0.1) is 0 Å². The second-order valence-corrected chi connectivity index (χ2v) is 7.47. The highest BCUT2D eigenvalue weighted by Crippen LogP contribution is 2.19. The van der Waals surface area contributed by atoms with Crippen molar-refractivity contribution >= 4 is 31.8 Å². The Labute approximate surface area is 131 Å². The summed E-state index contributed by atoms with van der Waals surface area (Å²) in [5.74, 6) is 0.858. The number of aromatic nitrogens is 3. The molecule has 1 saturated heterocycles. The fraction of sp³-hybridized carbons (Fsp3) is 0.333. The number of piperazine rings is 1. The van der Waals surface area contributed by atoms with Gasteiger partial charge in [-0.05, 0) is 34.1 Å². The molecule has 2 aromatic rings. The molecule has 0 saturated carbocycles. The van der Waals surface area contributed by atoms with Gasteiger partial charge in [0.1, 0.15) is 5.82 Å². The number of aromatic amines is 1. The van der Waals surface area contributed by atoms with Crippen LogP contribution < -0.4 is 4.90 Å². The molecule has 0 bridgehead atoms. The molecule has 1 N–H and O–H groups in total. The molecule has 1 aliphatic heterocycles. The van der Waals surface area contributed by atoms with Crippen LogP contribution in [0.4, 0.5) is 5.82 Å². The number of rotatable bonds is 3. The van der Waals surface area contributed by atoms with Crippen LogP contribution >= 0.6 is 15.9 Å². The molecule has 2 aromatic heterocycles. The molecule has 1 fully saturated rings. The van der Waals surface area contributed by atoms with Gasteiger partial charge >= 0.3 is 0 Å². The average Bonchev–Trinajstić information content (AvgIpc) is 3.03. The summed E-state index contributed by atoms with van der Waals surface area (Å²) in [4.78, 5) is 6.41. The number of hydrogen-bond donors (Lipinski definition) is 1. The monoisotopic (exact) mass is 371 g/mol. The molecule has 0 atom stereocenters. The maximum Gasteiger partial charge on any atom is 0.260 e. The summed E-state index contributed by atoms with van der Waals surface area (Å²) in [6.07, 6.45) is 3.18. The first-order valence-electron chi connectivity index (χ1n) is 6.43. The van der Waals surface area contributed by atoms with Crippen molar-refractivity contribution in [1.29, 1.82) is 0 Å². The fourth-order valence-corrected chi connectivity index (χ4v) is 3.80. The third-order valence-electron chi connectivity index (χ3n) is 3.37. The van der Waals surface area contributed by atoms with Gasteiger partial charge in [0.15, 0.2) is 5.03 Å². The lowest BCUT2D eigenvalue weighted by atomic mass is 10.3. The number of nitrogens with zero attached hydrogens (tertiary/aromatic N) is 4. The highest BCUT2D eigenvalue weighted by molar-refractivity contribution is 9.10. The van der Waals surface area contributed by atoms with Crippen LogP contribution in [0.1, 0.15) is 0 Å². The van der Waals surface area contributed by atoms with E-state index >= 15 is 0 Å². The van der Waals surface area contributed by atoms with Crippen molar-refractivity contribution in [2.75, 3.05) is 31.1 Å². The molecule has 7 nitrogen and oxygen atoms in total. The first-order chi connectivity index (χ1) is 10.1. The van der Waals surface area contributed by atoms with E-state index in [0.29, 0.717) is 26.2 Å². The number of H-pyrrole nitrogens is 1. The van der Waals surface area contributed by atoms with Crippen LogP contribution in [0.15, 0.2) is 40.1 Å². The SMILES string of the molecule is O=S(=O)(c1ccn[nH]1)N1CCN(c2ccc(Br)cn2)CC1. The van der Waals surface area contributed by atoms with Gasteiger partial charge in [-0.15, -0.1) is 0 Å². The molecule has 0 spiro atoms. The maximum atomic E-state index is 12.4. The number of nitrogens with one attached hydrogen (secondary N) is 1. The zero-order valence-electron chi connectivity index (χ0n) is 11.1. The van der Waals surface area contributed by atoms with Crippen molar-refractivity contribution in [3.05, 3.63) is 35.1 Å². The van der Waals surface area contributed by atoms with E-state index in [1.165, 1.54) is 16.6 Å². The second-order valence-electron chi connectivity index (χ2n) is 4.65. The summed E-state index contributed by atoms with van der Waals surface area (Å²) >= 11 is 3.35. The number of sulfonamides is 1. The van der Waals surface area contributed by atoms with Crippen LogP contribution in [0.2, 0.25) is 0 Å². The Kier molecular flexibility index (Phi) is 3.96. The topological polar surface area (TPSA) is 82.2 Å². The van der Waals surface area contributed by atoms with E-state index in [4.69, 9.17) is 0 Å². The zero-order valence-corrected chi connectivity index (χ0v) is 13.5. The van der Waals surface area contributed by atoms with E-state index in [-0.39, 0.29) is 5.03 Å². The van der Waals surface area contributed by atoms with Crippen LogP contribution in [0.5, 0.6) is 0 Å². The van der Waals surface area contributed by atoms with Gasteiger partial charge in [-0.3, -0.25) is 5.10 Å². The third-order valence-corrected chi connectivity index (χ3v) is 5.66. The Morgan fingerprint density at radius 3 is 2.48 bits per heavy atom. The standard InChI is InChI=1S/C12H14BrN5O2S/c13-10-1-2-11(14-9-10)17-5-7-18(8-6-17)21(19,20)12-3-4-15-16-12/h1-4,9H,5-8H2,(H,15,16). The quantitative estimate of drug-likeness (QED) is 0.872. The first-order valence-corrected chi connectivity index (χ1v) is 8.67. The Morgan fingerprint density at radius 2 is 1.90 bits per heavy atom. The van der Waals surface area contributed by atoms with Gasteiger partial charge in [0.05, 0.1) is 6.20 Å². The van der Waals surface area contributed by atoms with Crippen LogP contribution in [-0.4, -0.2) is 54.1 Å². The van der Waals surface area contributed by atoms with Crippen molar-refractivity contribution in [1.82, 2.24) is 19.5 Å². The number of pyridine rings is 1. The van der Waals surface area contributed by atoms with Gasteiger partial charge in [-0.25, -0.2) is 13.4 Å². The molecule has 0 unspecified atom stereocenters. The molecule has 9 heteroatoms. The predicted octanol–water partition coefficient (Wildman–Crippen LogP) is 1.08. The summed E-state index contributed by atoms with van der Waals surface area (Å²) in [7, 11) is -3.47. The third kappa shape index (κ3) is 2.94. The normalized spacial score (nSPS) is 17.1.